The summed E-state index contributed by atoms with van der Waals surface area (Å²) in [5.41, 5.74) is 6.88. The van der Waals surface area contributed by atoms with Crippen molar-refractivity contribution in [3.63, 3.8) is 0 Å². The number of carbonyl (C=O) groups excluding carboxylic acids is 1. The Morgan fingerprint density at radius 1 is 1.32 bits per heavy atom. The number of nitrogens with two attached hydrogens (primary N) is 1. The Kier molecular flexibility index (Phi) is 7.27. The molecule has 2 heterocycles. The molecule has 0 aliphatic carbocycles. The molecule has 0 spiro atoms. The fourth-order valence-corrected chi connectivity index (χ4v) is 2.94. The standard InChI is InChI=1S/C21H24F2N6O2/c1-29-11-14(9-27-29)19-18(23)8-17(21(31)26-10-16(24)12-30)20(28-19)25-6-5-13-3-2-4-15(22)7-13/h2-4,7-9,11,16,30H,5-6,10,12,24H2,1H3,(H,25,28)(H,26,31)/t16-/m1/s1. The number of nitrogens with one attached hydrogen (secondary N) is 2. The lowest BCUT2D eigenvalue weighted by molar-refractivity contribution is 0.0948. The van der Waals surface area contributed by atoms with Crippen molar-refractivity contribution in [1.29, 1.82) is 0 Å². The smallest absolute Gasteiger partial charge is 0.255 e. The number of aromatic nitrogens is 3. The number of pyridine rings is 1. The van der Waals surface area contributed by atoms with E-state index in [1.54, 1.807) is 25.4 Å². The van der Waals surface area contributed by atoms with Crippen LogP contribution in [0.5, 0.6) is 0 Å². The van der Waals surface area contributed by atoms with Gasteiger partial charge in [0.05, 0.1) is 18.4 Å². The molecule has 8 nitrogen and oxygen atoms in total. The summed E-state index contributed by atoms with van der Waals surface area (Å²) in [4.78, 5) is 16.9. The molecule has 1 aromatic carbocycles. The number of rotatable bonds is 9. The number of aliphatic hydroxyl groups excluding tert-OH is 1. The molecule has 5 N–H and O–H groups in total. The second-order valence-corrected chi connectivity index (χ2v) is 7.08. The van der Waals surface area contributed by atoms with E-state index in [2.05, 4.69) is 20.7 Å². The number of aryl methyl sites for hydroxylation is 1. The first-order valence-corrected chi connectivity index (χ1v) is 9.70. The number of hydrogen-bond acceptors (Lipinski definition) is 6. The van der Waals surface area contributed by atoms with Crippen molar-refractivity contribution >= 4 is 11.7 Å². The van der Waals surface area contributed by atoms with Gasteiger partial charge >= 0.3 is 0 Å². The summed E-state index contributed by atoms with van der Waals surface area (Å²) in [5.74, 6) is -1.43. The maximum Gasteiger partial charge on any atom is 0.255 e. The van der Waals surface area contributed by atoms with E-state index in [9.17, 15) is 13.6 Å². The number of aliphatic hydroxyl groups is 1. The third-order valence-corrected chi connectivity index (χ3v) is 4.55. The van der Waals surface area contributed by atoms with Crippen LogP contribution in [0.2, 0.25) is 0 Å². The Bertz CT molecular complexity index is 1060. The van der Waals surface area contributed by atoms with Crippen LogP contribution in [0.4, 0.5) is 14.6 Å². The molecule has 1 amide bonds. The van der Waals surface area contributed by atoms with Crippen LogP contribution in [-0.2, 0) is 13.5 Å². The molecule has 0 fully saturated rings. The molecule has 1 atom stereocenters. The quantitative estimate of drug-likeness (QED) is 0.408. The Hall–Kier alpha value is -3.37. The van der Waals surface area contributed by atoms with Crippen molar-refractivity contribution in [2.45, 2.75) is 12.5 Å². The maximum atomic E-state index is 14.8. The van der Waals surface area contributed by atoms with Gasteiger partial charge in [-0.3, -0.25) is 9.48 Å². The summed E-state index contributed by atoms with van der Waals surface area (Å²) in [5, 5.41) is 18.7. The van der Waals surface area contributed by atoms with Crippen molar-refractivity contribution in [3.8, 4) is 11.3 Å². The molecule has 3 rings (SSSR count). The summed E-state index contributed by atoms with van der Waals surface area (Å²) in [7, 11) is 1.70. The van der Waals surface area contributed by atoms with Crippen LogP contribution in [0.25, 0.3) is 11.3 Å². The van der Waals surface area contributed by atoms with Gasteiger partial charge in [-0.2, -0.15) is 5.10 Å². The fraction of sp³-hybridized carbons (Fsp3) is 0.286. The topological polar surface area (TPSA) is 118 Å². The van der Waals surface area contributed by atoms with Crippen LogP contribution in [0.15, 0.2) is 42.7 Å². The molecule has 10 heteroatoms. The minimum Gasteiger partial charge on any atom is -0.395 e. The highest BCUT2D eigenvalue weighted by Crippen LogP contribution is 2.25. The monoisotopic (exact) mass is 430 g/mol. The zero-order chi connectivity index (χ0) is 22.4. The van der Waals surface area contributed by atoms with E-state index < -0.39 is 17.8 Å². The van der Waals surface area contributed by atoms with Crippen molar-refractivity contribution in [1.82, 2.24) is 20.1 Å². The average Bonchev–Trinajstić information content (AvgIpc) is 3.18. The van der Waals surface area contributed by atoms with E-state index >= 15 is 0 Å². The first-order chi connectivity index (χ1) is 14.9. The Labute approximate surface area is 178 Å². The molecule has 0 aliphatic heterocycles. The van der Waals surface area contributed by atoms with Crippen LogP contribution in [0, 0.1) is 11.6 Å². The molecule has 0 saturated carbocycles. The third-order valence-electron chi connectivity index (χ3n) is 4.55. The molecule has 2 aromatic heterocycles. The molecular weight excluding hydrogens is 406 g/mol. The molecule has 31 heavy (non-hydrogen) atoms. The minimum atomic E-state index is -0.680. The van der Waals surface area contributed by atoms with Gasteiger partial charge in [0.1, 0.15) is 17.3 Å². The van der Waals surface area contributed by atoms with Crippen molar-refractivity contribution in [2.24, 2.45) is 12.8 Å². The third kappa shape index (κ3) is 5.83. The summed E-state index contributed by atoms with van der Waals surface area (Å²) in [6.07, 6.45) is 3.55. The molecule has 0 saturated heterocycles. The number of benzene rings is 1. The Balaban J connectivity index is 1.85. The summed E-state index contributed by atoms with van der Waals surface area (Å²) < 4.78 is 29.7. The molecule has 164 valence electrons. The van der Waals surface area contributed by atoms with E-state index in [1.807, 2.05) is 0 Å². The maximum absolute atomic E-state index is 14.8. The zero-order valence-corrected chi connectivity index (χ0v) is 17.0. The first-order valence-electron chi connectivity index (χ1n) is 9.70. The second-order valence-electron chi connectivity index (χ2n) is 7.08. The highest BCUT2D eigenvalue weighted by atomic mass is 19.1. The Morgan fingerprint density at radius 3 is 2.81 bits per heavy atom. The van der Waals surface area contributed by atoms with Gasteiger partial charge in [-0.25, -0.2) is 13.8 Å². The van der Waals surface area contributed by atoms with Crippen LogP contribution < -0.4 is 16.4 Å². The van der Waals surface area contributed by atoms with Gasteiger partial charge in [0.25, 0.3) is 5.91 Å². The molecule has 0 unspecified atom stereocenters. The lowest BCUT2D eigenvalue weighted by Gasteiger charge is -2.15. The van der Waals surface area contributed by atoms with Gasteiger partial charge in [-0.15, -0.1) is 0 Å². The van der Waals surface area contributed by atoms with Gasteiger partial charge in [-0.1, -0.05) is 12.1 Å². The minimum absolute atomic E-state index is 0.00507. The number of nitrogens with zero attached hydrogens (tertiary/aromatic N) is 3. The largest absolute Gasteiger partial charge is 0.395 e. The average molecular weight is 430 g/mol. The fourth-order valence-electron chi connectivity index (χ4n) is 2.94. The van der Waals surface area contributed by atoms with Gasteiger partial charge in [0.2, 0.25) is 0 Å². The van der Waals surface area contributed by atoms with Crippen LogP contribution in [0.1, 0.15) is 15.9 Å². The highest BCUT2D eigenvalue weighted by molar-refractivity contribution is 5.99. The predicted octanol–water partition coefficient (Wildman–Crippen LogP) is 1.46. The zero-order valence-electron chi connectivity index (χ0n) is 17.0. The normalized spacial score (nSPS) is 11.9. The second kappa shape index (κ2) is 10.1. The van der Waals surface area contributed by atoms with Crippen molar-refractivity contribution < 1.29 is 18.7 Å². The molecule has 3 aromatic rings. The van der Waals surface area contributed by atoms with E-state index in [-0.39, 0.29) is 36.0 Å². The lowest BCUT2D eigenvalue weighted by atomic mass is 10.1. The number of hydrogen-bond donors (Lipinski definition) is 4. The van der Waals surface area contributed by atoms with E-state index in [4.69, 9.17) is 10.8 Å². The first kappa shape index (κ1) is 22.3. The predicted molar refractivity (Wildman–Crippen MR) is 112 cm³/mol. The highest BCUT2D eigenvalue weighted by Gasteiger charge is 2.19. The Morgan fingerprint density at radius 2 is 2.13 bits per heavy atom. The van der Waals surface area contributed by atoms with Gasteiger partial charge < -0.3 is 21.5 Å². The molecule has 0 radical (unpaired) electrons. The summed E-state index contributed by atoms with van der Waals surface area (Å²) >= 11 is 0. The molecule has 0 aliphatic rings. The van der Waals surface area contributed by atoms with Crippen LogP contribution in [0.3, 0.4) is 0 Å². The SMILES string of the molecule is Cn1cc(-c2nc(NCCc3cccc(F)c3)c(C(=O)NC[C@@H](N)CO)cc2F)cn1. The van der Waals surface area contributed by atoms with Crippen LogP contribution in [-0.4, -0.2) is 51.5 Å². The van der Waals surface area contributed by atoms with Gasteiger partial charge in [-0.05, 0) is 30.2 Å². The number of anilines is 1. The van der Waals surface area contributed by atoms with Crippen LogP contribution >= 0.6 is 0 Å². The van der Waals surface area contributed by atoms with E-state index in [1.165, 1.54) is 23.0 Å². The lowest BCUT2D eigenvalue weighted by Crippen LogP contribution is -2.39. The van der Waals surface area contributed by atoms with Crippen molar-refractivity contribution in [2.75, 3.05) is 25.0 Å². The molecular formula is C21H24F2N6O2. The number of halogens is 2. The van der Waals surface area contributed by atoms with Gasteiger partial charge in [0, 0.05) is 37.9 Å². The van der Waals surface area contributed by atoms with E-state index in [0.29, 0.717) is 18.5 Å². The number of amides is 1. The molecule has 0 bridgehead atoms. The van der Waals surface area contributed by atoms with E-state index in [0.717, 1.165) is 11.6 Å². The summed E-state index contributed by atoms with van der Waals surface area (Å²) in [6, 6.07) is 6.64. The number of carbonyl (C=O) groups is 1. The van der Waals surface area contributed by atoms with Gasteiger partial charge in [0.15, 0.2) is 5.82 Å². The summed E-state index contributed by atoms with van der Waals surface area (Å²) in [6.45, 7) is 0.0562. The van der Waals surface area contributed by atoms with Crippen molar-refractivity contribution in [3.05, 3.63) is 65.5 Å².